The highest BCUT2D eigenvalue weighted by atomic mass is 35.5. The molecule has 1 N–H and O–H groups in total. The van der Waals surface area contributed by atoms with E-state index in [2.05, 4.69) is 16.4 Å². The summed E-state index contributed by atoms with van der Waals surface area (Å²) in [6, 6.07) is 6.01. The Bertz CT molecular complexity index is 1560. The van der Waals surface area contributed by atoms with E-state index >= 15 is 0 Å². The van der Waals surface area contributed by atoms with E-state index < -0.39 is 11.0 Å². The van der Waals surface area contributed by atoms with Crippen LogP contribution < -0.4 is 5.32 Å². The molecule has 1 unspecified atom stereocenters. The second kappa shape index (κ2) is 10.9. The molecule has 41 heavy (non-hydrogen) atoms. The highest BCUT2D eigenvalue weighted by Crippen LogP contribution is 2.44. The van der Waals surface area contributed by atoms with Crippen molar-refractivity contribution in [3.8, 4) is 0 Å². The lowest BCUT2D eigenvalue weighted by Gasteiger charge is -2.33. The quantitative estimate of drug-likeness (QED) is 0.451. The summed E-state index contributed by atoms with van der Waals surface area (Å²) in [5.74, 6) is 1.65. The number of fused-ring (bicyclic) bond motifs is 3. The molecule has 0 radical (unpaired) electrons. The molecule has 1 amide bonds. The van der Waals surface area contributed by atoms with Crippen LogP contribution in [0.3, 0.4) is 0 Å². The first-order valence-electron chi connectivity index (χ1n) is 14.3. The summed E-state index contributed by atoms with van der Waals surface area (Å²) in [6.45, 7) is 4.45. The molecule has 0 saturated heterocycles. The molecule has 8 heteroatoms. The molecular weight excluding hydrogens is 534 g/mol. The Balaban J connectivity index is 1.24. The highest BCUT2D eigenvalue weighted by Gasteiger charge is 2.50. The number of nitrogens with zero attached hydrogens (tertiary/aromatic N) is 4. The molecular formula is C33H34ClN5O2. The SMILES string of the molecule is C\C=C/C=C\C(C1=NC2(CCCC2)C(=O)N1C/C=C/c1cnc2c(c1)CC1(C2)C(=O)CNc2ncccc21)=C(/C)Cl. The topological polar surface area (TPSA) is 87.5 Å². The Labute approximate surface area is 245 Å². The van der Waals surface area contributed by atoms with E-state index in [1.54, 1.807) is 11.1 Å². The maximum absolute atomic E-state index is 13.7. The summed E-state index contributed by atoms with van der Waals surface area (Å²) in [4.78, 5) is 42.9. The molecule has 7 nitrogen and oxygen atoms in total. The van der Waals surface area contributed by atoms with Gasteiger partial charge in [-0.05, 0) is 56.4 Å². The third kappa shape index (κ3) is 4.76. The zero-order chi connectivity index (χ0) is 28.6. The first kappa shape index (κ1) is 27.3. The number of anilines is 1. The van der Waals surface area contributed by atoms with Crippen molar-refractivity contribution in [1.82, 2.24) is 14.9 Å². The second-order valence-electron chi connectivity index (χ2n) is 11.3. The fourth-order valence-corrected chi connectivity index (χ4v) is 6.80. The number of amides is 1. The number of carbonyl (C=O) groups excluding carboxylic acids is 2. The molecule has 0 aromatic carbocycles. The Kier molecular flexibility index (Phi) is 7.24. The van der Waals surface area contributed by atoms with Crippen LogP contribution in [0, 0.1) is 0 Å². The maximum Gasteiger partial charge on any atom is 0.256 e. The summed E-state index contributed by atoms with van der Waals surface area (Å²) < 4.78 is 0. The van der Waals surface area contributed by atoms with Crippen LogP contribution in [0.5, 0.6) is 0 Å². The molecule has 1 fully saturated rings. The van der Waals surface area contributed by atoms with Gasteiger partial charge >= 0.3 is 0 Å². The van der Waals surface area contributed by atoms with Crippen molar-refractivity contribution in [3.63, 3.8) is 0 Å². The van der Waals surface area contributed by atoms with Gasteiger partial charge in [-0.25, -0.2) is 4.98 Å². The number of amidine groups is 1. The fraction of sp³-hybridized carbons (Fsp3) is 0.364. The van der Waals surface area contributed by atoms with Gasteiger partial charge in [0.2, 0.25) is 0 Å². The molecule has 4 aliphatic rings. The number of Topliss-reactive ketones (excluding diaryl/α,β-unsaturated/α-hetero) is 1. The number of halogens is 1. The molecule has 2 aliphatic carbocycles. The number of rotatable bonds is 6. The van der Waals surface area contributed by atoms with E-state index in [1.807, 2.05) is 68.6 Å². The third-order valence-electron chi connectivity index (χ3n) is 8.74. The number of hydrogen-bond donors (Lipinski definition) is 1. The first-order valence-corrected chi connectivity index (χ1v) is 14.7. The summed E-state index contributed by atoms with van der Waals surface area (Å²) in [7, 11) is 0. The Morgan fingerprint density at radius 2 is 2.00 bits per heavy atom. The van der Waals surface area contributed by atoms with E-state index in [4.69, 9.17) is 21.6 Å². The molecule has 2 spiro atoms. The summed E-state index contributed by atoms with van der Waals surface area (Å²) in [5.41, 5.74) is 3.41. The Morgan fingerprint density at radius 3 is 2.78 bits per heavy atom. The van der Waals surface area contributed by atoms with Crippen LogP contribution >= 0.6 is 11.6 Å². The summed E-state index contributed by atoms with van der Waals surface area (Å²) in [6.07, 6.45) is 20.0. The molecule has 2 aliphatic heterocycles. The highest BCUT2D eigenvalue weighted by molar-refractivity contribution is 6.33. The number of allylic oxidation sites excluding steroid dienone is 4. The number of aliphatic imine (C=N–C) groups is 1. The van der Waals surface area contributed by atoms with Crippen molar-refractivity contribution >= 4 is 41.0 Å². The standard InChI is InChI=1S/C33H34ClN5O2/c1-3-4-5-11-25(22(2)34)30-38-33(13-6-7-14-33)31(41)39(30)16-9-10-23-17-24-18-32(19-27(24)36-20-23)26-12-8-15-35-29(26)37-21-28(32)40/h3-5,8-12,15,17,20H,6-7,13-14,16,18-19,21H2,1-2H3,(H,35,37)/b4-3-,10-9+,11-5-,25-22-. The predicted octanol–water partition coefficient (Wildman–Crippen LogP) is 5.72. The summed E-state index contributed by atoms with van der Waals surface area (Å²) >= 11 is 6.53. The number of pyridine rings is 2. The number of nitrogens with one attached hydrogen (secondary N) is 1. The fourth-order valence-electron chi connectivity index (χ4n) is 6.66. The molecule has 2 aromatic heterocycles. The lowest BCUT2D eigenvalue weighted by molar-refractivity contribution is -0.130. The number of ketones is 1. The van der Waals surface area contributed by atoms with Gasteiger partial charge in [0.05, 0.1) is 12.0 Å². The number of hydrogen-bond acceptors (Lipinski definition) is 6. The minimum Gasteiger partial charge on any atom is -0.363 e. The van der Waals surface area contributed by atoms with Gasteiger partial charge in [0.15, 0.2) is 5.78 Å². The van der Waals surface area contributed by atoms with E-state index in [9.17, 15) is 9.59 Å². The first-order chi connectivity index (χ1) is 19.9. The van der Waals surface area contributed by atoms with Crippen LogP contribution in [0.2, 0.25) is 0 Å². The lowest BCUT2D eigenvalue weighted by Crippen LogP contribution is -2.45. The minimum atomic E-state index is -0.675. The molecule has 2 aromatic rings. The van der Waals surface area contributed by atoms with E-state index in [1.165, 1.54) is 0 Å². The predicted molar refractivity (Wildman–Crippen MR) is 163 cm³/mol. The second-order valence-corrected chi connectivity index (χ2v) is 11.9. The molecule has 0 bridgehead atoms. The van der Waals surface area contributed by atoms with Gasteiger partial charge in [0.1, 0.15) is 17.2 Å². The van der Waals surface area contributed by atoms with E-state index in [0.717, 1.165) is 59.5 Å². The van der Waals surface area contributed by atoms with E-state index in [-0.39, 0.29) is 18.2 Å². The van der Waals surface area contributed by atoms with Gasteiger partial charge in [0.25, 0.3) is 5.91 Å². The zero-order valence-corrected chi connectivity index (χ0v) is 24.2. The smallest absolute Gasteiger partial charge is 0.256 e. The van der Waals surface area contributed by atoms with Crippen LogP contribution in [-0.2, 0) is 27.8 Å². The average molecular weight is 568 g/mol. The zero-order valence-electron chi connectivity index (χ0n) is 23.5. The largest absolute Gasteiger partial charge is 0.363 e. The number of carbonyl (C=O) groups is 2. The molecule has 210 valence electrons. The maximum atomic E-state index is 13.7. The van der Waals surface area contributed by atoms with Crippen molar-refractivity contribution < 1.29 is 9.59 Å². The van der Waals surface area contributed by atoms with Gasteiger partial charge in [-0.1, -0.05) is 67.0 Å². The normalized spacial score (nSPS) is 23.7. The Hall–Kier alpha value is -3.84. The third-order valence-corrected chi connectivity index (χ3v) is 8.95. The molecule has 1 saturated carbocycles. The monoisotopic (exact) mass is 567 g/mol. The van der Waals surface area contributed by atoms with E-state index in [0.29, 0.717) is 30.3 Å². The lowest BCUT2D eigenvalue weighted by atomic mass is 9.72. The van der Waals surface area contributed by atoms with Gasteiger partial charge in [-0.2, -0.15) is 0 Å². The van der Waals surface area contributed by atoms with Crippen LogP contribution in [0.4, 0.5) is 5.82 Å². The van der Waals surface area contributed by atoms with Gasteiger partial charge in [-0.15, -0.1) is 0 Å². The number of aromatic nitrogens is 2. The van der Waals surface area contributed by atoms with Gasteiger partial charge in [-0.3, -0.25) is 24.5 Å². The van der Waals surface area contributed by atoms with Crippen LogP contribution in [-0.4, -0.2) is 51.0 Å². The molecule has 6 rings (SSSR count). The van der Waals surface area contributed by atoms with Crippen molar-refractivity contribution in [2.75, 3.05) is 18.4 Å². The average Bonchev–Trinajstić information content (AvgIpc) is 3.67. The van der Waals surface area contributed by atoms with Crippen molar-refractivity contribution in [1.29, 1.82) is 0 Å². The van der Waals surface area contributed by atoms with Crippen LogP contribution in [0.25, 0.3) is 6.08 Å². The van der Waals surface area contributed by atoms with Crippen molar-refractivity contribution in [3.05, 3.63) is 94.0 Å². The van der Waals surface area contributed by atoms with Gasteiger partial charge < -0.3 is 5.32 Å². The van der Waals surface area contributed by atoms with Crippen LogP contribution in [0.1, 0.15) is 61.9 Å². The van der Waals surface area contributed by atoms with Crippen molar-refractivity contribution in [2.24, 2.45) is 4.99 Å². The Morgan fingerprint density at radius 1 is 1.17 bits per heavy atom. The minimum absolute atomic E-state index is 0.0511. The van der Waals surface area contributed by atoms with Crippen molar-refractivity contribution in [2.45, 2.75) is 63.3 Å². The van der Waals surface area contributed by atoms with Gasteiger partial charge in [0, 0.05) is 47.2 Å². The van der Waals surface area contributed by atoms with Crippen LogP contribution in [0.15, 0.2) is 76.6 Å². The summed E-state index contributed by atoms with van der Waals surface area (Å²) in [5, 5.41) is 3.76. The molecule has 1 atom stereocenters. The molecule has 4 heterocycles.